The Morgan fingerprint density at radius 2 is 1.96 bits per heavy atom. The van der Waals surface area contributed by atoms with Crippen LogP contribution in [-0.4, -0.2) is 16.9 Å². The zero-order valence-corrected chi connectivity index (χ0v) is 15.0. The third-order valence-electron chi connectivity index (χ3n) is 8.66. The molecule has 0 bridgehead atoms. The molecule has 3 fully saturated rings. The van der Waals surface area contributed by atoms with Crippen molar-refractivity contribution in [2.24, 2.45) is 40.4 Å². The molecule has 1 N–H and O–H groups in total. The second-order valence-electron chi connectivity index (χ2n) is 9.44. The van der Waals surface area contributed by atoms with Crippen LogP contribution >= 0.6 is 0 Å². The minimum atomic E-state index is -0.631. The van der Waals surface area contributed by atoms with Crippen LogP contribution in [0.2, 0.25) is 0 Å². The van der Waals surface area contributed by atoms with E-state index in [2.05, 4.69) is 19.9 Å². The van der Waals surface area contributed by atoms with Crippen LogP contribution in [0.1, 0.15) is 65.2 Å². The van der Waals surface area contributed by atoms with Gasteiger partial charge < -0.3 is 5.11 Å². The first-order chi connectivity index (χ1) is 11.3. The van der Waals surface area contributed by atoms with E-state index in [1.165, 1.54) is 32.1 Å². The number of carboxylic acids is 1. The molecule has 0 amide bonds. The zero-order valence-electron chi connectivity index (χ0n) is 15.0. The summed E-state index contributed by atoms with van der Waals surface area (Å²) in [6.07, 6.45) is 12.3. The number of carboxylic acid groups (broad SMARTS) is 1. The summed E-state index contributed by atoms with van der Waals surface area (Å²) in [7, 11) is 0. The fraction of sp³-hybridized carbons (Fsp3) is 0.810. The molecule has 4 aliphatic carbocycles. The molecule has 0 aromatic carbocycles. The minimum Gasteiger partial charge on any atom is -0.481 e. The summed E-state index contributed by atoms with van der Waals surface area (Å²) in [5, 5.41) is 9.29. The van der Waals surface area contributed by atoms with Gasteiger partial charge in [0, 0.05) is 12.8 Å². The zero-order chi connectivity index (χ0) is 17.1. The van der Waals surface area contributed by atoms with Gasteiger partial charge in [-0.05, 0) is 85.0 Å². The van der Waals surface area contributed by atoms with E-state index in [0.717, 1.165) is 18.8 Å². The molecule has 3 saturated carbocycles. The second kappa shape index (κ2) is 5.44. The number of ketones is 1. The predicted molar refractivity (Wildman–Crippen MR) is 92.4 cm³/mol. The largest absolute Gasteiger partial charge is 0.481 e. The number of fused-ring (bicyclic) bond motifs is 5. The van der Waals surface area contributed by atoms with E-state index < -0.39 is 5.97 Å². The van der Waals surface area contributed by atoms with Crippen LogP contribution in [0.3, 0.4) is 0 Å². The molecule has 0 spiro atoms. The van der Waals surface area contributed by atoms with Crippen LogP contribution < -0.4 is 0 Å². The van der Waals surface area contributed by atoms with Gasteiger partial charge in [0.2, 0.25) is 0 Å². The third kappa shape index (κ3) is 2.23. The molecule has 0 heterocycles. The Hall–Kier alpha value is -1.12. The van der Waals surface area contributed by atoms with Crippen LogP contribution in [0.5, 0.6) is 0 Å². The van der Waals surface area contributed by atoms with E-state index in [4.69, 9.17) is 0 Å². The quantitative estimate of drug-likeness (QED) is 0.813. The molecule has 3 heteroatoms. The second-order valence-corrected chi connectivity index (χ2v) is 9.44. The van der Waals surface area contributed by atoms with Crippen LogP contribution in [0.4, 0.5) is 0 Å². The lowest BCUT2D eigenvalue weighted by molar-refractivity contribution is -0.140. The van der Waals surface area contributed by atoms with Gasteiger partial charge in [-0.25, -0.2) is 0 Å². The highest BCUT2D eigenvalue weighted by molar-refractivity contribution is 5.91. The summed E-state index contributed by atoms with van der Waals surface area (Å²) in [4.78, 5) is 23.1. The SMILES string of the molecule is C[C@]12C=CC(=O)C[C@@H]1CC[C@@H]1[C@@H]2CC[C@]2(C)[C@@H](CC(=O)O)CC[C@@H]12. The molecular weight excluding hydrogens is 300 g/mol. The summed E-state index contributed by atoms with van der Waals surface area (Å²) in [6, 6.07) is 0. The highest BCUT2D eigenvalue weighted by atomic mass is 16.4. The summed E-state index contributed by atoms with van der Waals surface area (Å²) in [6.45, 7) is 4.77. The van der Waals surface area contributed by atoms with Crippen LogP contribution in [0.15, 0.2) is 12.2 Å². The number of carbonyl (C=O) groups is 2. The summed E-state index contributed by atoms with van der Waals surface area (Å²) < 4.78 is 0. The number of hydrogen-bond acceptors (Lipinski definition) is 2. The molecule has 0 aromatic heterocycles. The van der Waals surface area contributed by atoms with Crippen molar-refractivity contribution in [1.29, 1.82) is 0 Å². The van der Waals surface area contributed by atoms with Crippen molar-refractivity contribution in [1.82, 2.24) is 0 Å². The minimum absolute atomic E-state index is 0.184. The maximum absolute atomic E-state index is 11.9. The van der Waals surface area contributed by atoms with Crippen molar-refractivity contribution in [3.63, 3.8) is 0 Å². The van der Waals surface area contributed by atoms with Crippen LogP contribution in [0.25, 0.3) is 0 Å². The van der Waals surface area contributed by atoms with Crippen molar-refractivity contribution in [3.05, 3.63) is 12.2 Å². The number of allylic oxidation sites excluding steroid dienone is 2. The van der Waals surface area contributed by atoms with Gasteiger partial charge in [0.1, 0.15) is 0 Å². The van der Waals surface area contributed by atoms with E-state index in [0.29, 0.717) is 35.9 Å². The first-order valence-corrected chi connectivity index (χ1v) is 9.78. The average molecular weight is 330 g/mol. The van der Waals surface area contributed by atoms with Gasteiger partial charge in [0.15, 0.2) is 5.78 Å². The molecule has 7 atom stereocenters. The van der Waals surface area contributed by atoms with Crippen molar-refractivity contribution < 1.29 is 14.7 Å². The van der Waals surface area contributed by atoms with E-state index in [9.17, 15) is 14.7 Å². The van der Waals surface area contributed by atoms with Gasteiger partial charge in [-0.1, -0.05) is 19.9 Å². The Labute approximate surface area is 144 Å². The van der Waals surface area contributed by atoms with Crippen molar-refractivity contribution in [2.75, 3.05) is 0 Å². The summed E-state index contributed by atoms with van der Waals surface area (Å²) in [5.41, 5.74) is 0.403. The van der Waals surface area contributed by atoms with Gasteiger partial charge in [0.05, 0.1) is 0 Å². The number of aliphatic carboxylic acids is 1. The third-order valence-corrected chi connectivity index (χ3v) is 8.66. The summed E-state index contributed by atoms with van der Waals surface area (Å²) in [5.74, 6) is 2.65. The first-order valence-electron chi connectivity index (χ1n) is 9.78. The van der Waals surface area contributed by atoms with Gasteiger partial charge in [-0.15, -0.1) is 0 Å². The Bertz CT molecular complexity index is 594. The highest BCUT2D eigenvalue weighted by Gasteiger charge is 2.59. The van der Waals surface area contributed by atoms with E-state index in [-0.39, 0.29) is 10.8 Å². The fourth-order valence-electron chi connectivity index (χ4n) is 7.29. The van der Waals surface area contributed by atoms with Gasteiger partial charge in [0.25, 0.3) is 0 Å². The Balaban J connectivity index is 1.62. The Morgan fingerprint density at radius 3 is 2.71 bits per heavy atom. The van der Waals surface area contributed by atoms with E-state index >= 15 is 0 Å². The monoisotopic (exact) mass is 330 g/mol. The smallest absolute Gasteiger partial charge is 0.303 e. The normalized spacial score (nSPS) is 50.1. The van der Waals surface area contributed by atoms with Crippen molar-refractivity contribution in [2.45, 2.75) is 65.2 Å². The molecule has 0 saturated heterocycles. The van der Waals surface area contributed by atoms with Gasteiger partial charge >= 0.3 is 5.97 Å². The molecule has 4 rings (SSSR count). The fourth-order valence-corrected chi connectivity index (χ4v) is 7.29. The molecular formula is C21H30O3. The van der Waals surface area contributed by atoms with Gasteiger partial charge in [-0.2, -0.15) is 0 Å². The standard InChI is InChI=1S/C21H30O3/c1-20-9-7-15(22)11-13(20)3-5-16-17-6-4-14(12-19(23)24)21(17,2)10-8-18(16)20/h7,9,13-14,16-18H,3-6,8,10-12H2,1-2H3,(H,23,24)/t13-,14+,16-,17-,18-,20-,21+/m0/s1. The molecule has 132 valence electrons. The lowest BCUT2D eigenvalue weighted by atomic mass is 9.46. The summed E-state index contributed by atoms with van der Waals surface area (Å²) >= 11 is 0. The molecule has 4 aliphatic rings. The average Bonchev–Trinajstić information content (AvgIpc) is 2.84. The molecule has 24 heavy (non-hydrogen) atoms. The molecule has 0 aromatic rings. The molecule has 3 nitrogen and oxygen atoms in total. The lowest BCUT2D eigenvalue weighted by Gasteiger charge is -2.59. The Kier molecular flexibility index (Phi) is 3.71. The van der Waals surface area contributed by atoms with Crippen molar-refractivity contribution in [3.8, 4) is 0 Å². The molecule has 0 unspecified atom stereocenters. The number of carbonyl (C=O) groups excluding carboxylic acids is 1. The number of hydrogen-bond donors (Lipinski definition) is 1. The predicted octanol–water partition coefficient (Wildman–Crippen LogP) is 4.47. The topological polar surface area (TPSA) is 54.4 Å². The van der Waals surface area contributed by atoms with E-state index in [1.807, 2.05) is 6.08 Å². The lowest BCUT2D eigenvalue weighted by Crippen LogP contribution is -2.52. The van der Waals surface area contributed by atoms with Crippen LogP contribution in [0, 0.1) is 40.4 Å². The first kappa shape index (κ1) is 16.4. The number of rotatable bonds is 2. The Morgan fingerprint density at radius 1 is 1.17 bits per heavy atom. The van der Waals surface area contributed by atoms with Crippen molar-refractivity contribution >= 4 is 11.8 Å². The van der Waals surface area contributed by atoms with Crippen LogP contribution in [-0.2, 0) is 9.59 Å². The van der Waals surface area contributed by atoms with E-state index in [1.54, 1.807) is 0 Å². The molecule has 0 radical (unpaired) electrons. The maximum atomic E-state index is 11.9. The maximum Gasteiger partial charge on any atom is 0.303 e. The molecule has 0 aliphatic heterocycles. The highest BCUT2D eigenvalue weighted by Crippen LogP contribution is 2.66. The van der Waals surface area contributed by atoms with Gasteiger partial charge in [-0.3, -0.25) is 9.59 Å².